The normalized spacial score (nSPS) is 12.4. The molecule has 2 heteroatoms. The highest BCUT2D eigenvalue weighted by Gasteiger charge is 2.24. The molecule has 0 N–H and O–H groups in total. The Morgan fingerprint density at radius 3 is 1.95 bits per heavy atom. The van der Waals surface area contributed by atoms with Crippen LogP contribution in [0, 0.1) is 6.92 Å². The summed E-state index contributed by atoms with van der Waals surface area (Å²) in [6, 6.07) is 6.07. The molecular formula is C17H28O2. The van der Waals surface area contributed by atoms with Crippen molar-refractivity contribution in [2.75, 3.05) is 0 Å². The topological polar surface area (TPSA) is 18.5 Å². The summed E-state index contributed by atoms with van der Waals surface area (Å²) in [6.07, 6.45) is 1.91. The molecule has 1 aromatic rings. The lowest BCUT2D eigenvalue weighted by molar-refractivity contribution is 0.0722. The molecule has 0 saturated heterocycles. The van der Waals surface area contributed by atoms with Gasteiger partial charge in [-0.3, -0.25) is 0 Å². The highest BCUT2D eigenvalue weighted by atomic mass is 16.5. The Morgan fingerprint density at radius 2 is 1.42 bits per heavy atom. The fourth-order valence-electron chi connectivity index (χ4n) is 1.56. The van der Waals surface area contributed by atoms with Crippen LogP contribution in [0.2, 0.25) is 0 Å². The van der Waals surface area contributed by atoms with Crippen LogP contribution in [0.4, 0.5) is 0 Å². The van der Waals surface area contributed by atoms with E-state index in [1.165, 1.54) is 0 Å². The zero-order valence-electron chi connectivity index (χ0n) is 13.5. The molecule has 0 saturated carbocycles. The van der Waals surface area contributed by atoms with E-state index in [1.54, 1.807) is 0 Å². The van der Waals surface area contributed by atoms with Crippen LogP contribution < -0.4 is 9.47 Å². The summed E-state index contributed by atoms with van der Waals surface area (Å²) in [5.41, 5.74) is 0.758. The molecule has 0 aliphatic heterocycles. The zero-order valence-corrected chi connectivity index (χ0v) is 13.5. The average Bonchev–Trinajstić information content (AvgIpc) is 2.33. The van der Waals surface area contributed by atoms with Gasteiger partial charge in [0.15, 0.2) is 11.5 Å². The van der Waals surface area contributed by atoms with Crippen LogP contribution in [0.3, 0.4) is 0 Å². The summed E-state index contributed by atoms with van der Waals surface area (Å²) in [4.78, 5) is 0. The Morgan fingerprint density at radius 1 is 0.895 bits per heavy atom. The maximum absolute atomic E-state index is 6.18. The van der Waals surface area contributed by atoms with Gasteiger partial charge in [-0.2, -0.15) is 0 Å². The molecule has 0 radical (unpaired) electrons. The molecule has 1 rings (SSSR count). The molecule has 19 heavy (non-hydrogen) atoms. The summed E-state index contributed by atoms with van der Waals surface area (Å²) >= 11 is 0. The second kappa shape index (κ2) is 5.85. The first-order valence-electron chi connectivity index (χ1n) is 7.18. The van der Waals surface area contributed by atoms with Gasteiger partial charge < -0.3 is 9.47 Å². The number of rotatable bonds is 6. The SMILES string of the molecule is CCC(C)(C)Oc1cccc(C)c1OC(C)(C)CC. The number of hydrogen-bond acceptors (Lipinski definition) is 2. The Bertz CT molecular complexity index is 419. The molecule has 0 heterocycles. The molecule has 0 aliphatic carbocycles. The Hall–Kier alpha value is -1.18. The third-order valence-corrected chi connectivity index (χ3v) is 3.64. The molecular weight excluding hydrogens is 236 g/mol. The smallest absolute Gasteiger partial charge is 0.164 e. The van der Waals surface area contributed by atoms with Gasteiger partial charge in [0.05, 0.1) is 0 Å². The molecule has 0 fully saturated rings. The van der Waals surface area contributed by atoms with Gasteiger partial charge in [-0.25, -0.2) is 0 Å². The Kier molecular flexibility index (Phi) is 4.89. The van der Waals surface area contributed by atoms with Crippen molar-refractivity contribution in [3.05, 3.63) is 23.8 Å². The Balaban J connectivity index is 3.09. The molecule has 0 aromatic heterocycles. The zero-order chi connectivity index (χ0) is 14.7. The van der Waals surface area contributed by atoms with Crippen molar-refractivity contribution >= 4 is 0 Å². The summed E-state index contributed by atoms with van der Waals surface area (Å²) < 4.78 is 12.3. The second-order valence-corrected chi connectivity index (χ2v) is 6.33. The summed E-state index contributed by atoms with van der Waals surface area (Å²) in [6.45, 7) is 14.7. The average molecular weight is 264 g/mol. The largest absolute Gasteiger partial charge is 0.484 e. The van der Waals surface area contributed by atoms with Crippen LogP contribution in [0.5, 0.6) is 11.5 Å². The van der Waals surface area contributed by atoms with E-state index in [4.69, 9.17) is 9.47 Å². The van der Waals surface area contributed by atoms with E-state index in [9.17, 15) is 0 Å². The lowest BCUT2D eigenvalue weighted by Gasteiger charge is -2.30. The number of ether oxygens (including phenoxy) is 2. The van der Waals surface area contributed by atoms with Gasteiger partial charge in [-0.05, 0) is 59.1 Å². The van der Waals surface area contributed by atoms with Crippen LogP contribution in [-0.2, 0) is 0 Å². The van der Waals surface area contributed by atoms with Crippen molar-refractivity contribution < 1.29 is 9.47 Å². The lowest BCUT2D eigenvalue weighted by atomic mass is 10.1. The van der Waals surface area contributed by atoms with Gasteiger partial charge in [0.2, 0.25) is 0 Å². The van der Waals surface area contributed by atoms with E-state index in [2.05, 4.69) is 54.5 Å². The molecule has 2 nitrogen and oxygen atoms in total. The van der Waals surface area contributed by atoms with E-state index in [-0.39, 0.29) is 11.2 Å². The maximum atomic E-state index is 6.18. The van der Waals surface area contributed by atoms with Crippen LogP contribution in [-0.4, -0.2) is 11.2 Å². The van der Waals surface area contributed by atoms with Gasteiger partial charge in [-0.1, -0.05) is 26.0 Å². The van der Waals surface area contributed by atoms with E-state index >= 15 is 0 Å². The summed E-state index contributed by atoms with van der Waals surface area (Å²) in [5, 5.41) is 0. The highest BCUT2D eigenvalue weighted by molar-refractivity contribution is 5.46. The fraction of sp³-hybridized carbons (Fsp3) is 0.647. The number of benzene rings is 1. The minimum Gasteiger partial charge on any atom is -0.484 e. The van der Waals surface area contributed by atoms with E-state index in [0.29, 0.717) is 0 Å². The Labute approximate surface area is 118 Å². The lowest BCUT2D eigenvalue weighted by Crippen LogP contribution is -2.30. The monoisotopic (exact) mass is 264 g/mol. The predicted octanol–water partition coefficient (Wildman–Crippen LogP) is 5.13. The van der Waals surface area contributed by atoms with Crippen LogP contribution >= 0.6 is 0 Å². The standard InChI is InChI=1S/C17H28O2/c1-8-16(4,5)18-14-12-10-11-13(3)15(14)19-17(6,7)9-2/h10-12H,8-9H2,1-7H3. The second-order valence-electron chi connectivity index (χ2n) is 6.33. The molecule has 0 bridgehead atoms. The van der Waals surface area contributed by atoms with Gasteiger partial charge in [0.1, 0.15) is 11.2 Å². The van der Waals surface area contributed by atoms with Crippen molar-refractivity contribution in [1.29, 1.82) is 0 Å². The van der Waals surface area contributed by atoms with Gasteiger partial charge in [0.25, 0.3) is 0 Å². The van der Waals surface area contributed by atoms with Crippen LogP contribution in [0.25, 0.3) is 0 Å². The van der Waals surface area contributed by atoms with Gasteiger partial charge in [0, 0.05) is 0 Å². The molecule has 0 spiro atoms. The van der Waals surface area contributed by atoms with Gasteiger partial charge >= 0.3 is 0 Å². The third kappa shape index (κ3) is 4.45. The van der Waals surface area contributed by atoms with Crippen molar-refractivity contribution in [2.24, 2.45) is 0 Å². The molecule has 108 valence electrons. The molecule has 0 atom stereocenters. The molecule has 0 amide bonds. The maximum Gasteiger partial charge on any atom is 0.164 e. The van der Waals surface area contributed by atoms with Crippen molar-refractivity contribution in [1.82, 2.24) is 0 Å². The first kappa shape index (κ1) is 15.9. The molecule has 0 aliphatic rings. The van der Waals surface area contributed by atoms with Gasteiger partial charge in [-0.15, -0.1) is 0 Å². The highest BCUT2D eigenvalue weighted by Crippen LogP contribution is 2.36. The van der Waals surface area contributed by atoms with Crippen molar-refractivity contribution in [3.63, 3.8) is 0 Å². The first-order chi connectivity index (χ1) is 8.71. The molecule has 1 aromatic carbocycles. The van der Waals surface area contributed by atoms with Crippen molar-refractivity contribution in [3.8, 4) is 11.5 Å². The number of hydrogen-bond donors (Lipinski definition) is 0. The summed E-state index contributed by atoms with van der Waals surface area (Å²) in [5.74, 6) is 1.71. The fourth-order valence-corrected chi connectivity index (χ4v) is 1.56. The van der Waals surface area contributed by atoms with Crippen molar-refractivity contribution in [2.45, 2.75) is 72.5 Å². The molecule has 0 unspecified atom stereocenters. The third-order valence-electron chi connectivity index (χ3n) is 3.64. The number of aryl methyl sites for hydroxylation is 1. The quantitative estimate of drug-likeness (QED) is 0.709. The van der Waals surface area contributed by atoms with E-state index in [0.717, 1.165) is 29.9 Å². The van der Waals surface area contributed by atoms with Crippen LogP contribution in [0.15, 0.2) is 18.2 Å². The first-order valence-corrected chi connectivity index (χ1v) is 7.18. The summed E-state index contributed by atoms with van der Waals surface area (Å²) in [7, 11) is 0. The van der Waals surface area contributed by atoms with E-state index in [1.807, 2.05) is 12.1 Å². The minimum absolute atomic E-state index is 0.178. The predicted molar refractivity (Wildman–Crippen MR) is 81.2 cm³/mol. The van der Waals surface area contributed by atoms with Crippen LogP contribution in [0.1, 0.15) is 59.9 Å². The van der Waals surface area contributed by atoms with E-state index < -0.39 is 0 Å². The number of para-hydroxylation sites is 1. The minimum atomic E-state index is -0.180.